The van der Waals surface area contributed by atoms with E-state index in [1.165, 1.54) is 11.3 Å². The zero-order valence-electron chi connectivity index (χ0n) is 9.74. The van der Waals surface area contributed by atoms with Crippen LogP contribution in [0.3, 0.4) is 0 Å². The fourth-order valence-electron chi connectivity index (χ4n) is 2.11. The number of fused-ring (bicyclic) bond motifs is 3. The molecule has 0 atom stereocenters. The van der Waals surface area contributed by atoms with E-state index in [4.69, 9.17) is 0 Å². The predicted molar refractivity (Wildman–Crippen MR) is 79.9 cm³/mol. The van der Waals surface area contributed by atoms with Crippen molar-refractivity contribution in [3.8, 4) is 0 Å². The zero-order valence-corrected chi connectivity index (χ0v) is 11.4. The van der Waals surface area contributed by atoms with Gasteiger partial charge in [0, 0.05) is 4.88 Å². The van der Waals surface area contributed by atoms with Gasteiger partial charge in [-0.15, -0.1) is 11.3 Å². The van der Waals surface area contributed by atoms with Crippen molar-refractivity contribution < 1.29 is 0 Å². The summed E-state index contributed by atoms with van der Waals surface area (Å²) in [7, 11) is 0. The molecule has 0 radical (unpaired) electrons. The first-order chi connectivity index (χ1) is 9.33. The van der Waals surface area contributed by atoms with Crippen LogP contribution in [0, 0.1) is 0 Å². The molecule has 19 heavy (non-hydrogen) atoms. The average Bonchev–Trinajstić information content (AvgIpc) is 3.09. The molecule has 0 N–H and O–H groups in total. The van der Waals surface area contributed by atoms with Gasteiger partial charge in [-0.25, -0.2) is 9.38 Å². The lowest BCUT2D eigenvalue weighted by Gasteiger charge is -1.86. The van der Waals surface area contributed by atoms with E-state index in [-0.39, 0.29) is 5.56 Å². The fraction of sp³-hybridized carbons (Fsp3) is 0. The maximum absolute atomic E-state index is 12.4. The van der Waals surface area contributed by atoms with Gasteiger partial charge in [0.05, 0.1) is 15.6 Å². The van der Waals surface area contributed by atoms with Crippen molar-refractivity contribution >= 4 is 44.7 Å². The first-order valence-corrected chi connectivity index (χ1v) is 7.48. The van der Waals surface area contributed by atoms with Gasteiger partial charge in [0.15, 0.2) is 4.96 Å². The molecule has 0 fully saturated rings. The zero-order chi connectivity index (χ0) is 12.8. The van der Waals surface area contributed by atoms with Crippen molar-refractivity contribution in [3.05, 3.63) is 61.5 Å². The molecule has 0 unspecified atom stereocenters. The fourth-order valence-corrected chi connectivity index (χ4v) is 3.82. The standard InChI is InChI=1S/C14H8N2OS2/c17-13-12(8-9-4-3-7-18-9)19-14-15-10-5-1-2-6-11(10)16(13)14/h1-8H/b12-8-. The summed E-state index contributed by atoms with van der Waals surface area (Å²) in [6, 6.07) is 11.7. The normalized spacial score (nSPS) is 12.7. The maximum atomic E-state index is 12.4. The monoisotopic (exact) mass is 284 g/mol. The molecule has 4 aromatic rings. The number of para-hydroxylation sites is 2. The summed E-state index contributed by atoms with van der Waals surface area (Å²) in [4.78, 5) is 18.8. The summed E-state index contributed by atoms with van der Waals surface area (Å²) in [5.41, 5.74) is 1.76. The highest BCUT2D eigenvalue weighted by Crippen LogP contribution is 2.16. The molecular weight excluding hydrogens is 276 g/mol. The molecule has 0 aliphatic heterocycles. The van der Waals surface area contributed by atoms with Crippen molar-refractivity contribution in [2.24, 2.45) is 0 Å². The Kier molecular flexibility index (Phi) is 2.30. The van der Waals surface area contributed by atoms with Crippen LogP contribution in [-0.4, -0.2) is 9.38 Å². The first-order valence-electron chi connectivity index (χ1n) is 5.78. The van der Waals surface area contributed by atoms with Crippen molar-refractivity contribution in [1.29, 1.82) is 0 Å². The summed E-state index contributed by atoms with van der Waals surface area (Å²) in [6.45, 7) is 0. The molecule has 92 valence electrons. The van der Waals surface area contributed by atoms with Gasteiger partial charge in [0.25, 0.3) is 5.56 Å². The highest BCUT2D eigenvalue weighted by atomic mass is 32.1. The highest BCUT2D eigenvalue weighted by Gasteiger charge is 2.10. The highest BCUT2D eigenvalue weighted by molar-refractivity contribution is 7.15. The van der Waals surface area contributed by atoms with Crippen molar-refractivity contribution in [3.63, 3.8) is 0 Å². The molecular formula is C14H8N2OS2. The lowest BCUT2D eigenvalue weighted by atomic mass is 10.3. The minimum atomic E-state index is 0.0158. The third-order valence-corrected chi connectivity index (χ3v) is 4.75. The first kappa shape index (κ1) is 10.9. The minimum absolute atomic E-state index is 0.0158. The Balaban J connectivity index is 2.11. The Morgan fingerprint density at radius 1 is 1.16 bits per heavy atom. The van der Waals surface area contributed by atoms with Gasteiger partial charge in [-0.2, -0.15) is 0 Å². The summed E-state index contributed by atoms with van der Waals surface area (Å²) in [6.07, 6.45) is 1.93. The molecule has 1 aromatic carbocycles. The number of hydrogen-bond donors (Lipinski definition) is 0. The number of benzene rings is 1. The van der Waals surface area contributed by atoms with Gasteiger partial charge < -0.3 is 0 Å². The molecule has 0 spiro atoms. The van der Waals surface area contributed by atoms with Gasteiger partial charge in [0.1, 0.15) is 0 Å². The SMILES string of the molecule is O=c1/c(=C/c2cccs2)sc2nc3ccccc3n12. The molecule has 0 saturated heterocycles. The number of thiazole rings is 1. The summed E-state index contributed by atoms with van der Waals surface area (Å²) in [5.74, 6) is 0. The van der Waals surface area contributed by atoms with Crippen LogP contribution in [0.15, 0.2) is 46.6 Å². The van der Waals surface area contributed by atoms with E-state index in [1.54, 1.807) is 15.7 Å². The largest absolute Gasteiger partial charge is 0.274 e. The van der Waals surface area contributed by atoms with Gasteiger partial charge in [-0.1, -0.05) is 29.5 Å². The van der Waals surface area contributed by atoms with E-state index in [9.17, 15) is 4.79 Å². The summed E-state index contributed by atoms with van der Waals surface area (Å²) >= 11 is 3.06. The molecule has 0 aliphatic carbocycles. The van der Waals surface area contributed by atoms with Gasteiger partial charge in [-0.3, -0.25) is 4.79 Å². The summed E-state index contributed by atoms with van der Waals surface area (Å²) < 4.78 is 2.43. The van der Waals surface area contributed by atoms with Crippen LogP contribution in [0.1, 0.15) is 4.88 Å². The van der Waals surface area contributed by atoms with E-state index in [0.717, 1.165) is 25.4 Å². The topological polar surface area (TPSA) is 34.4 Å². The lowest BCUT2D eigenvalue weighted by molar-refractivity contribution is 1.19. The second kappa shape index (κ2) is 4.01. The second-order valence-electron chi connectivity index (χ2n) is 4.15. The Hall–Kier alpha value is -1.98. The predicted octanol–water partition coefficient (Wildman–Crippen LogP) is 2.52. The average molecular weight is 284 g/mol. The van der Waals surface area contributed by atoms with E-state index < -0.39 is 0 Å². The number of thiophene rings is 1. The van der Waals surface area contributed by atoms with Gasteiger partial charge in [-0.05, 0) is 29.7 Å². The number of rotatable bonds is 1. The van der Waals surface area contributed by atoms with Crippen molar-refractivity contribution in [2.45, 2.75) is 0 Å². The molecule has 0 aliphatic rings. The number of aromatic nitrogens is 2. The molecule has 3 heterocycles. The molecule has 3 nitrogen and oxygen atoms in total. The van der Waals surface area contributed by atoms with E-state index >= 15 is 0 Å². The quantitative estimate of drug-likeness (QED) is 0.538. The third kappa shape index (κ3) is 1.63. The molecule has 4 rings (SSSR count). The van der Waals surface area contributed by atoms with E-state index in [0.29, 0.717) is 0 Å². The second-order valence-corrected chi connectivity index (χ2v) is 6.14. The lowest BCUT2D eigenvalue weighted by Crippen LogP contribution is -2.22. The van der Waals surface area contributed by atoms with Crippen LogP contribution in [0.25, 0.3) is 22.1 Å². The Bertz CT molecular complexity index is 980. The number of nitrogens with zero attached hydrogens (tertiary/aromatic N) is 2. The minimum Gasteiger partial charge on any atom is -0.267 e. The Morgan fingerprint density at radius 2 is 2.05 bits per heavy atom. The summed E-state index contributed by atoms with van der Waals surface area (Å²) in [5, 5.41) is 2.00. The van der Waals surface area contributed by atoms with Crippen LogP contribution in [-0.2, 0) is 0 Å². The van der Waals surface area contributed by atoms with Crippen LogP contribution in [0.5, 0.6) is 0 Å². The van der Waals surface area contributed by atoms with Crippen molar-refractivity contribution in [1.82, 2.24) is 9.38 Å². The smallest absolute Gasteiger partial charge is 0.267 e. The molecule has 5 heteroatoms. The van der Waals surface area contributed by atoms with Crippen LogP contribution in [0.4, 0.5) is 0 Å². The van der Waals surface area contributed by atoms with Crippen LogP contribution < -0.4 is 10.1 Å². The van der Waals surface area contributed by atoms with E-state index in [1.807, 2.05) is 47.9 Å². The maximum Gasteiger partial charge on any atom is 0.274 e. The Morgan fingerprint density at radius 3 is 2.89 bits per heavy atom. The van der Waals surface area contributed by atoms with Crippen LogP contribution >= 0.6 is 22.7 Å². The molecule has 3 aromatic heterocycles. The Labute approximate surface area is 116 Å². The molecule has 0 amide bonds. The third-order valence-electron chi connectivity index (χ3n) is 2.96. The van der Waals surface area contributed by atoms with Gasteiger partial charge >= 0.3 is 0 Å². The van der Waals surface area contributed by atoms with E-state index in [2.05, 4.69) is 4.98 Å². The van der Waals surface area contributed by atoms with Crippen molar-refractivity contribution in [2.75, 3.05) is 0 Å². The van der Waals surface area contributed by atoms with Crippen LogP contribution in [0.2, 0.25) is 0 Å². The molecule has 0 bridgehead atoms. The molecule has 0 saturated carbocycles. The number of hydrogen-bond acceptors (Lipinski definition) is 4. The number of imidazole rings is 1. The van der Waals surface area contributed by atoms with Gasteiger partial charge in [0.2, 0.25) is 0 Å².